The third kappa shape index (κ3) is 3.53. The van der Waals surface area contributed by atoms with Gasteiger partial charge in [0.15, 0.2) is 0 Å². The van der Waals surface area contributed by atoms with E-state index in [1.807, 2.05) is 6.92 Å². The minimum atomic E-state index is -0.477. The Hall–Kier alpha value is -0.960. The zero-order valence-electron chi connectivity index (χ0n) is 12.4. The van der Waals surface area contributed by atoms with Gasteiger partial charge in [-0.05, 0) is 45.4 Å². The predicted octanol–water partition coefficient (Wildman–Crippen LogP) is 3.91. The standard InChI is InChI=1S/C16H26N2O/c1-4-5-13-6-8-14(9-7-13)16-17-10-15(12(3)19)11(2)18-16/h10,12-14,19H,4-9H2,1-3H3/t12-,13?,14?/m0/s1. The molecular formula is C16H26N2O. The molecule has 0 aliphatic heterocycles. The summed E-state index contributed by atoms with van der Waals surface area (Å²) in [5.41, 5.74) is 1.78. The highest BCUT2D eigenvalue weighted by Gasteiger charge is 2.24. The Morgan fingerprint density at radius 3 is 2.53 bits per heavy atom. The smallest absolute Gasteiger partial charge is 0.131 e. The quantitative estimate of drug-likeness (QED) is 0.894. The maximum atomic E-state index is 9.62. The lowest BCUT2D eigenvalue weighted by Gasteiger charge is -2.27. The monoisotopic (exact) mass is 262 g/mol. The Morgan fingerprint density at radius 1 is 1.32 bits per heavy atom. The van der Waals surface area contributed by atoms with Crippen LogP contribution in [0.15, 0.2) is 6.20 Å². The number of aliphatic hydroxyl groups is 1. The van der Waals surface area contributed by atoms with Crippen molar-refractivity contribution in [1.29, 1.82) is 0 Å². The van der Waals surface area contributed by atoms with Crippen LogP contribution in [0.25, 0.3) is 0 Å². The molecule has 1 heterocycles. The van der Waals surface area contributed by atoms with Crippen LogP contribution in [0.4, 0.5) is 0 Å². The largest absolute Gasteiger partial charge is 0.389 e. The van der Waals surface area contributed by atoms with Crippen molar-refractivity contribution in [1.82, 2.24) is 9.97 Å². The van der Waals surface area contributed by atoms with Gasteiger partial charge in [0.05, 0.1) is 6.10 Å². The fourth-order valence-corrected chi connectivity index (χ4v) is 3.22. The summed E-state index contributed by atoms with van der Waals surface area (Å²) in [4.78, 5) is 9.10. The average molecular weight is 262 g/mol. The molecule has 3 nitrogen and oxygen atoms in total. The highest BCUT2D eigenvalue weighted by Crippen LogP contribution is 2.36. The molecule has 0 aromatic carbocycles. The average Bonchev–Trinajstić information content (AvgIpc) is 2.39. The van der Waals surface area contributed by atoms with Crippen molar-refractivity contribution in [3.8, 4) is 0 Å². The number of aryl methyl sites for hydroxylation is 1. The van der Waals surface area contributed by atoms with E-state index < -0.39 is 6.10 Å². The van der Waals surface area contributed by atoms with Crippen molar-refractivity contribution in [3.63, 3.8) is 0 Å². The van der Waals surface area contributed by atoms with Gasteiger partial charge in [-0.15, -0.1) is 0 Å². The summed E-state index contributed by atoms with van der Waals surface area (Å²) < 4.78 is 0. The summed E-state index contributed by atoms with van der Waals surface area (Å²) in [5, 5.41) is 9.62. The van der Waals surface area contributed by atoms with E-state index in [9.17, 15) is 5.11 Å². The van der Waals surface area contributed by atoms with E-state index in [-0.39, 0.29) is 0 Å². The van der Waals surface area contributed by atoms with Gasteiger partial charge in [0.25, 0.3) is 0 Å². The van der Waals surface area contributed by atoms with Gasteiger partial charge in [-0.3, -0.25) is 0 Å². The first-order chi connectivity index (χ1) is 9.11. The second-order valence-corrected chi connectivity index (χ2v) is 5.95. The Balaban J connectivity index is 2.02. The fourth-order valence-electron chi connectivity index (χ4n) is 3.22. The van der Waals surface area contributed by atoms with Crippen LogP contribution >= 0.6 is 0 Å². The van der Waals surface area contributed by atoms with E-state index >= 15 is 0 Å². The topological polar surface area (TPSA) is 46.0 Å². The molecule has 1 aliphatic carbocycles. The van der Waals surface area contributed by atoms with E-state index in [1.165, 1.54) is 38.5 Å². The van der Waals surface area contributed by atoms with E-state index in [2.05, 4.69) is 16.9 Å². The number of aromatic nitrogens is 2. The molecule has 0 bridgehead atoms. The molecule has 1 aromatic rings. The number of hydrogen-bond acceptors (Lipinski definition) is 3. The van der Waals surface area contributed by atoms with Crippen molar-refractivity contribution in [2.75, 3.05) is 0 Å². The number of hydrogen-bond donors (Lipinski definition) is 1. The molecule has 1 fully saturated rings. The fraction of sp³-hybridized carbons (Fsp3) is 0.750. The van der Waals surface area contributed by atoms with Gasteiger partial charge < -0.3 is 5.11 Å². The van der Waals surface area contributed by atoms with Crippen LogP contribution in [0.2, 0.25) is 0 Å². The molecule has 0 unspecified atom stereocenters. The van der Waals surface area contributed by atoms with Crippen LogP contribution in [0.3, 0.4) is 0 Å². The van der Waals surface area contributed by atoms with Crippen molar-refractivity contribution in [2.45, 2.75) is 71.3 Å². The minimum absolute atomic E-state index is 0.477. The van der Waals surface area contributed by atoms with Crippen LogP contribution in [-0.2, 0) is 0 Å². The lowest BCUT2D eigenvalue weighted by Crippen LogP contribution is -2.16. The van der Waals surface area contributed by atoms with Gasteiger partial charge in [-0.2, -0.15) is 0 Å². The normalized spacial score (nSPS) is 25.3. The molecule has 0 radical (unpaired) electrons. The Labute approximate surface area is 116 Å². The van der Waals surface area contributed by atoms with Crippen LogP contribution in [0.1, 0.15) is 81.5 Å². The summed E-state index contributed by atoms with van der Waals surface area (Å²) >= 11 is 0. The first-order valence-electron chi connectivity index (χ1n) is 7.63. The summed E-state index contributed by atoms with van der Waals surface area (Å²) in [6.07, 6.45) is 9.07. The lowest BCUT2D eigenvalue weighted by atomic mass is 9.79. The first-order valence-corrected chi connectivity index (χ1v) is 7.63. The van der Waals surface area contributed by atoms with Gasteiger partial charge in [0, 0.05) is 23.4 Å². The zero-order valence-corrected chi connectivity index (χ0v) is 12.4. The van der Waals surface area contributed by atoms with Crippen molar-refractivity contribution in [2.24, 2.45) is 5.92 Å². The van der Waals surface area contributed by atoms with Gasteiger partial charge in [-0.25, -0.2) is 9.97 Å². The summed E-state index contributed by atoms with van der Waals surface area (Å²) in [6, 6.07) is 0. The van der Waals surface area contributed by atoms with E-state index in [4.69, 9.17) is 0 Å². The van der Waals surface area contributed by atoms with E-state index in [1.54, 1.807) is 13.1 Å². The third-order valence-corrected chi connectivity index (χ3v) is 4.39. The second kappa shape index (κ2) is 6.47. The number of rotatable bonds is 4. The molecule has 3 heteroatoms. The van der Waals surface area contributed by atoms with Crippen LogP contribution < -0.4 is 0 Å². The molecule has 1 atom stereocenters. The second-order valence-electron chi connectivity index (χ2n) is 5.95. The van der Waals surface area contributed by atoms with Gasteiger partial charge >= 0.3 is 0 Å². The Kier molecular flexibility index (Phi) is 4.92. The van der Waals surface area contributed by atoms with Crippen molar-refractivity contribution in [3.05, 3.63) is 23.3 Å². The predicted molar refractivity (Wildman–Crippen MR) is 77.0 cm³/mol. The van der Waals surface area contributed by atoms with E-state index in [0.29, 0.717) is 5.92 Å². The Bertz CT molecular complexity index is 409. The van der Waals surface area contributed by atoms with Gasteiger partial charge in [0.2, 0.25) is 0 Å². The summed E-state index contributed by atoms with van der Waals surface area (Å²) in [5.74, 6) is 2.42. The molecule has 1 aliphatic rings. The maximum Gasteiger partial charge on any atom is 0.131 e. The summed E-state index contributed by atoms with van der Waals surface area (Å²) in [6.45, 7) is 6.00. The third-order valence-electron chi connectivity index (χ3n) is 4.39. The van der Waals surface area contributed by atoms with E-state index in [0.717, 1.165) is 23.0 Å². The molecule has 19 heavy (non-hydrogen) atoms. The molecule has 2 rings (SSSR count). The van der Waals surface area contributed by atoms with Crippen LogP contribution in [0, 0.1) is 12.8 Å². The molecule has 1 aromatic heterocycles. The number of aliphatic hydroxyl groups excluding tert-OH is 1. The van der Waals surface area contributed by atoms with Crippen LogP contribution in [-0.4, -0.2) is 15.1 Å². The zero-order chi connectivity index (χ0) is 13.8. The molecule has 0 amide bonds. The maximum absolute atomic E-state index is 9.62. The van der Waals surface area contributed by atoms with Crippen LogP contribution in [0.5, 0.6) is 0 Å². The molecule has 0 saturated heterocycles. The van der Waals surface area contributed by atoms with Crippen molar-refractivity contribution < 1.29 is 5.11 Å². The molecule has 1 N–H and O–H groups in total. The highest BCUT2D eigenvalue weighted by atomic mass is 16.3. The highest BCUT2D eigenvalue weighted by molar-refractivity contribution is 5.19. The minimum Gasteiger partial charge on any atom is -0.389 e. The number of nitrogens with zero attached hydrogens (tertiary/aromatic N) is 2. The van der Waals surface area contributed by atoms with Gasteiger partial charge in [-0.1, -0.05) is 19.8 Å². The molecular weight excluding hydrogens is 236 g/mol. The molecule has 1 saturated carbocycles. The van der Waals surface area contributed by atoms with Crippen molar-refractivity contribution >= 4 is 0 Å². The SMILES string of the molecule is CCCC1CCC(c2ncc([C@H](C)O)c(C)n2)CC1. The molecule has 0 spiro atoms. The lowest BCUT2D eigenvalue weighted by molar-refractivity contribution is 0.197. The first kappa shape index (κ1) is 14.4. The van der Waals surface area contributed by atoms with Gasteiger partial charge in [0.1, 0.15) is 5.82 Å². The summed E-state index contributed by atoms with van der Waals surface area (Å²) in [7, 11) is 0. The Morgan fingerprint density at radius 2 is 2.00 bits per heavy atom. The molecule has 106 valence electrons.